The third kappa shape index (κ3) is 6.84. The minimum absolute atomic E-state index is 0.0198. The fourth-order valence-corrected chi connectivity index (χ4v) is 3.02. The molecule has 1 fully saturated rings. The van der Waals surface area contributed by atoms with Gasteiger partial charge < -0.3 is 21.3 Å². The van der Waals surface area contributed by atoms with Gasteiger partial charge in [-0.2, -0.15) is 0 Å². The van der Waals surface area contributed by atoms with Crippen LogP contribution in [0.3, 0.4) is 0 Å². The van der Waals surface area contributed by atoms with Gasteiger partial charge in [-0.05, 0) is 57.8 Å². The summed E-state index contributed by atoms with van der Waals surface area (Å²) in [6.45, 7) is 5.87. The second-order valence-electron chi connectivity index (χ2n) is 6.27. The lowest BCUT2D eigenvalue weighted by Gasteiger charge is -2.16. The number of amidine groups is 1. The molecule has 0 amide bonds. The van der Waals surface area contributed by atoms with Crippen LogP contribution in [0.25, 0.3) is 0 Å². The molecule has 6 nitrogen and oxygen atoms in total. The van der Waals surface area contributed by atoms with Crippen molar-refractivity contribution >= 4 is 12.1 Å². The third-order valence-corrected chi connectivity index (χ3v) is 4.47. The SMILES string of the molecule is C=CC(CCC/C(N=CC)=C(\N)C(=N)N)CC[C@H]1CC[C@@H](CO)O1. The maximum atomic E-state index is 9.11. The molecule has 0 spiro atoms. The van der Waals surface area contributed by atoms with Gasteiger partial charge in [0.25, 0.3) is 0 Å². The Morgan fingerprint density at radius 2 is 2.08 bits per heavy atom. The van der Waals surface area contributed by atoms with Gasteiger partial charge in [0.15, 0.2) is 0 Å². The second-order valence-corrected chi connectivity index (χ2v) is 6.27. The van der Waals surface area contributed by atoms with Crippen molar-refractivity contribution in [2.75, 3.05) is 6.61 Å². The quantitative estimate of drug-likeness (QED) is 0.263. The molecular weight excluding hydrogens is 304 g/mol. The number of nitrogens with two attached hydrogens (primary N) is 2. The molecule has 136 valence electrons. The van der Waals surface area contributed by atoms with Gasteiger partial charge >= 0.3 is 0 Å². The van der Waals surface area contributed by atoms with Crippen molar-refractivity contribution in [2.45, 2.75) is 64.1 Å². The van der Waals surface area contributed by atoms with Crippen LogP contribution in [0.1, 0.15) is 51.9 Å². The third-order valence-electron chi connectivity index (χ3n) is 4.47. The highest BCUT2D eigenvalue weighted by atomic mass is 16.5. The summed E-state index contributed by atoms with van der Waals surface area (Å²) in [4.78, 5) is 4.23. The first-order chi connectivity index (χ1) is 11.5. The first-order valence-corrected chi connectivity index (χ1v) is 8.72. The molecule has 1 aliphatic rings. The molecule has 24 heavy (non-hydrogen) atoms. The van der Waals surface area contributed by atoms with E-state index in [0.717, 1.165) is 38.5 Å². The van der Waals surface area contributed by atoms with Gasteiger partial charge in [0, 0.05) is 6.21 Å². The zero-order valence-electron chi connectivity index (χ0n) is 14.7. The van der Waals surface area contributed by atoms with Gasteiger partial charge in [-0.15, -0.1) is 6.58 Å². The van der Waals surface area contributed by atoms with Crippen LogP contribution in [-0.4, -0.2) is 36.0 Å². The predicted octanol–water partition coefficient (Wildman–Crippen LogP) is 2.48. The smallest absolute Gasteiger partial charge is 0.140 e. The zero-order chi connectivity index (χ0) is 17.9. The van der Waals surface area contributed by atoms with E-state index in [0.29, 0.717) is 18.0 Å². The van der Waals surface area contributed by atoms with Crippen LogP contribution in [-0.2, 0) is 4.74 Å². The average Bonchev–Trinajstić information content (AvgIpc) is 3.04. The Kier molecular flexibility index (Phi) is 9.34. The molecule has 6 N–H and O–H groups in total. The summed E-state index contributed by atoms with van der Waals surface area (Å²) in [6, 6.07) is 0. The number of rotatable bonds is 11. The number of hydrogen-bond donors (Lipinski definition) is 4. The van der Waals surface area contributed by atoms with E-state index in [4.69, 9.17) is 26.7 Å². The van der Waals surface area contributed by atoms with Crippen LogP contribution in [0.4, 0.5) is 0 Å². The lowest BCUT2D eigenvalue weighted by molar-refractivity contribution is 0.00662. The molecule has 6 heteroatoms. The molecule has 1 unspecified atom stereocenters. The molecular formula is C18H32N4O2. The van der Waals surface area contributed by atoms with Gasteiger partial charge in [0.05, 0.1) is 30.2 Å². The van der Waals surface area contributed by atoms with E-state index in [1.807, 2.05) is 13.0 Å². The van der Waals surface area contributed by atoms with Crippen molar-refractivity contribution < 1.29 is 9.84 Å². The fourth-order valence-electron chi connectivity index (χ4n) is 3.02. The van der Waals surface area contributed by atoms with Crippen molar-refractivity contribution in [1.29, 1.82) is 5.41 Å². The highest BCUT2D eigenvalue weighted by molar-refractivity contribution is 5.94. The molecule has 0 saturated carbocycles. The van der Waals surface area contributed by atoms with E-state index in [-0.39, 0.29) is 30.3 Å². The molecule has 0 aliphatic carbocycles. The summed E-state index contributed by atoms with van der Waals surface area (Å²) < 4.78 is 5.77. The van der Waals surface area contributed by atoms with Crippen molar-refractivity contribution in [3.8, 4) is 0 Å². The van der Waals surface area contributed by atoms with E-state index < -0.39 is 0 Å². The van der Waals surface area contributed by atoms with E-state index >= 15 is 0 Å². The van der Waals surface area contributed by atoms with Gasteiger partial charge in [-0.25, -0.2) is 0 Å². The van der Waals surface area contributed by atoms with Crippen LogP contribution in [0, 0.1) is 11.3 Å². The summed E-state index contributed by atoms with van der Waals surface area (Å²) in [5.74, 6) is 0.292. The number of hydrogen-bond acceptors (Lipinski definition) is 5. The standard InChI is InChI=1S/C18H32N4O2/c1-3-13(8-9-14-10-11-15(12-23)24-14)6-5-7-16(22-4-2)17(19)18(20)21/h3-4,13-15,23H,1,5-12,19H2,2H3,(H3,20,21)/b17-16+,22-4?/t13?,14-,15-/m0/s1. The Balaban J connectivity index is 2.39. The van der Waals surface area contributed by atoms with Crippen molar-refractivity contribution in [3.63, 3.8) is 0 Å². The number of nitrogens with zero attached hydrogens (tertiary/aromatic N) is 1. The summed E-state index contributed by atoms with van der Waals surface area (Å²) in [5.41, 5.74) is 12.2. The molecule has 0 aromatic rings. The van der Waals surface area contributed by atoms with E-state index in [1.54, 1.807) is 6.21 Å². The van der Waals surface area contributed by atoms with Gasteiger partial charge in [0.1, 0.15) is 5.84 Å². The second kappa shape index (κ2) is 11.0. The van der Waals surface area contributed by atoms with E-state index in [9.17, 15) is 0 Å². The maximum absolute atomic E-state index is 9.11. The summed E-state index contributed by atoms with van der Waals surface area (Å²) >= 11 is 0. The summed E-state index contributed by atoms with van der Waals surface area (Å²) in [6.07, 6.45) is 10.6. The number of aliphatic hydroxyl groups is 1. The maximum Gasteiger partial charge on any atom is 0.140 e. The zero-order valence-corrected chi connectivity index (χ0v) is 14.7. The highest BCUT2D eigenvalue weighted by Crippen LogP contribution is 2.26. The van der Waals surface area contributed by atoms with E-state index in [2.05, 4.69) is 11.6 Å². The molecule has 0 aromatic carbocycles. The van der Waals surface area contributed by atoms with Crippen LogP contribution in [0.5, 0.6) is 0 Å². The molecule has 0 radical (unpaired) electrons. The molecule has 0 aromatic heterocycles. The Morgan fingerprint density at radius 3 is 2.62 bits per heavy atom. The van der Waals surface area contributed by atoms with Crippen molar-refractivity contribution in [2.24, 2.45) is 22.4 Å². The fraction of sp³-hybridized carbons (Fsp3) is 0.667. The largest absolute Gasteiger partial charge is 0.394 e. The van der Waals surface area contributed by atoms with Crippen molar-refractivity contribution in [1.82, 2.24) is 0 Å². The monoisotopic (exact) mass is 336 g/mol. The first kappa shape index (κ1) is 20.4. The molecule has 1 rings (SSSR count). The summed E-state index contributed by atoms with van der Waals surface area (Å²) in [5, 5.41) is 16.5. The molecule has 1 heterocycles. The topological polar surface area (TPSA) is 118 Å². The van der Waals surface area contributed by atoms with Crippen LogP contribution < -0.4 is 11.5 Å². The normalized spacial score (nSPS) is 23.2. The highest BCUT2D eigenvalue weighted by Gasteiger charge is 2.24. The number of allylic oxidation sites excluding steroid dienone is 2. The van der Waals surface area contributed by atoms with E-state index in [1.165, 1.54) is 0 Å². The average molecular weight is 336 g/mol. The molecule has 3 atom stereocenters. The number of nitrogens with one attached hydrogen (secondary N) is 1. The lowest BCUT2D eigenvalue weighted by atomic mass is 9.94. The Bertz CT molecular complexity index is 474. The summed E-state index contributed by atoms with van der Waals surface area (Å²) in [7, 11) is 0. The lowest BCUT2D eigenvalue weighted by Crippen LogP contribution is -2.21. The van der Waals surface area contributed by atoms with Crippen molar-refractivity contribution in [3.05, 3.63) is 24.0 Å². The molecule has 1 aliphatic heterocycles. The van der Waals surface area contributed by atoms with Gasteiger partial charge in [-0.1, -0.05) is 6.08 Å². The predicted molar refractivity (Wildman–Crippen MR) is 99.0 cm³/mol. The van der Waals surface area contributed by atoms with Crippen LogP contribution >= 0.6 is 0 Å². The minimum Gasteiger partial charge on any atom is -0.394 e. The number of aliphatic hydroxyl groups excluding tert-OH is 1. The molecule has 0 bridgehead atoms. The Labute approximate surface area is 145 Å². The van der Waals surface area contributed by atoms with Crippen LogP contribution in [0.2, 0.25) is 0 Å². The Morgan fingerprint density at radius 1 is 1.38 bits per heavy atom. The number of ether oxygens (including phenoxy) is 1. The first-order valence-electron chi connectivity index (χ1n) is 8.72. The van der Waals surface area contributed by atoms with Gasteiger partial charge in [-0.3, -0.25) is 10.4 Å². The Hall–Kier alpha value is -1.66. The number of aliphatic imine (C=N–C) groups is 1. The minimum atomic E-state index is -0.132. The van der Waals surface area contributed by atoms with Crippen LogP contribution in [0.15, 0.2) is 29.0 Å². The van der Waals surface area contributed by atoms with Gasteiger partial charge in [0.2, 0.25) is 0 Å². The molecule has 1 saturated heterocycles.